The fourth-order valence-corrected chi connectivity index (χ4v) is 4.11. The Morgan fingerprint density at radius 3 is 2.86 bits per heavy atom. The predicted molar refractivity (Wildman–Crippen MR) is 93.3 cm³/mol. The second-order valence-electron chi connectivity index (χ2n) is 5.06. The van der Waals surface area contributed by atoms with Crippen LogP contribution in [0.1, 0.15) is 17.5 Å². The predicted octanol–water partition coefficient (Wildman–Crippen LogP) is 4.98. The lowest BCUT2D eigenvalue weighted by Gasteiger charge is -2.06. The van der Waals surface area contributed by atoms with Crippen molar-refractivity contribution in [3.63, 3.8) is 0 Å². The number of thioether (sulfide) groups is 1. The summed E-state index contributed by atoms with van der Waals surface area (Å²) in [7, 11) is 0. The van der Waals surface area contributed by atoms with Gasteiger partial charge in [-0.3, -0.25) is 0 Å². The van der Waals surface area contributed by atoms with Gasteiger partial charge in [0.05, 0.1) is 11.5 Å². The molecule has 0 spiro atoms. The van der Waals surface area contributed by atoms with Crippen LogP contribution in [0.5, 0.6) is 0 Å². The Morgan fingerprint density at radius 1 is 1.23 bits per heavy atom. The number of aromatic nitrogens is 2. The van der Waals surface area contributed by atoms with Gasteiger partial charge in [-0.15, -0.1) is 23.1 Å². The van der Waals surface area contributed by atoms with Gasteiger partial charge in [-0.05, 0) is 30.5 Å². The molecule has 0 N–H and O–H groups in total. The summed E-state index contributed by atoms with van der Waals surface area (Å²) in [4.78, 5) is 9.81. The molecule has 0 fully saturated rings. The number of thiophene rings is 1. The maximum absolute atomic E-state index is 8.71. The molecular weight excluding hydrogens is 310 g/mol. The van der Waals surface area contributed by atoms with Gasteiger partial charge < -0.3 is 0 Å². The molecule has 0 aliphatic heterocycles. The largest absolute Gasteiger partial charge is 0.229 e. The van der Waals surface area contributed by atoms with E-state index in [1.807, 2.05) is 0 Å². The molecule has 0 aliphatic rings. The van der Waals surface area contributed by atoms with Gasteiger partial charge in [-0.25, -0.2) is 9.97 Å². The van der Waals surface area contributed by atoms with Crippen molar-refractivity contribution in [3.05, 3.63) is 41.0 Å². The average Bonchev–Trinajstić information content (AvgIpc) is 2.95. The molecule has 22 heavy (non-hydrogen) atoms. The molecule has 0 atom stereocenters. The third kappa shape index (κ3) is 2.85. The summed E-state index contributed by atoms with van der Waals surface area (Å²) in [5.74, 6) is 0.755. The van der Waals surface area contributed by atoms with Gasteiger partial charge in [-0.1, -0.05) is 18.2 Å². The Hall–Kier alpha value is -1.90. The summed E-state index contributed by atoms with van der Waals surface area (Å²) in [6.45, 7) is 4.25. The molecule has 110 valence electrons. The molecule has 0 radical (unpaired) electrons. The van der Waals surface area contributed by atoms with Crippen LogP contribution in [0.3, 0.4) is 0 Å². The molecule has 0 amide bonds. The molecule has 5 heteroatoms. The summed E-state index contributed by atoms with van der Waals surface area (Å²) in [6.07, 6.45) is 2.14. The van der Waals surface area contributed by atoms with Gasteiger partial charge in [-0.2, -0.15) is 5.26 Å². The SMILES string of the molecule is Cc1ccc(-c2csc3ncnc(SCCC#N)c23)cc1C. The number of nitrogens with zero attached hydrogens (tertiary/aromatic N) is 3. The molecule has 0 aliphatic carbocycles. The van der Waals surface area contributed by atoms with Crippen LogP contribution in [0.4, 0.5) is 0 Å². The van der Waals surface area contributed by atoms with E-state index in [0.29, 0.717) is 6.42 Å². The molecule has 0 unspecified atom stereocenters. The van der Waals surface area contributed by atoms with E-state index in [1.54, 1.807) is 29.4 Å². The molecule has 0 bridgehead atoms. The smallest absolute Gasteiger partial charge is 0.128 e. The molecule has 0 saturated carbocycles. The Morgan fingerprint density at radius 2 is 2.09 bits per heavy atom. The lowest BCUT2D eigenvalue weighted by atomic mass is 10.0. The molecule has 1 aromatic carbocycles. The van der Waals surface area contributed by atoms with Crippen LogP contribution in [-0.2, 0) is 0 Å². The fraction of sp³-hybridized carbons (Fsp3) is 0.235. The highest BCUT2D eigenvalue weighted by molar-refractivity contribution is 7.99. The quantitative estimate of drug-likeness (QED) is 0.385. The van der Waals surface area contributed by atoms with Crippen LogP contribution in [0, 0.1) is 25.2 Å². The Bertz CT molecular complexity index is 862. The van der Waals surface area contributed by atoms with E-state index >= 15 is 0 Å². The first-order valence-corrected chi connectivity index (χ1v) is 8.87. The van der Waals surface area contributed by atoms with Crippen molar-refractivity contribution in [1.29, 1.82) is 5.26 Å². The third-order valence-corrected chi connectivity index (χ3v) is 5.48. The number of rotatable bonds is 4. The number of hydrogen-bond donors (Lipinski definition) is 0. The first-order chi connectivity index (χ1) is 10.7. The second-order valence-corrected chi connectivity index (χ2v) is 7.01. The van der Waals surface area contributed by atoms with Crippen LogP contribution in [0.15, 0.2) is 34.9 Å². The van der Waals surface area contributed by atoms with Crippen molar-refractivity contribution < 1.29 is 0 Å². The minimum absolute atomic E-state index is 0.527. The zero-order valence-corrected chi connectivity index (χ0v) is 14.1. The van der Waals surface area contributed by atoms with Crippen LogP contribution < -0.4 is 0 Å². The number of hydrogen-bond acceptors (Lipinski definition) is 5. The Balaban J connectivity index is 2.10. The number of aryl methyl sites for hydroxylation is 2. The van der Waals surface area contributed by atoms with E-state index in [9.17, 15) is 0 Å². The number of nitriles is 1. The highest BCUT2D eigenvalue weighted by Crippen LogP contribution is 2.38. The van der Waals surface area contributed by atoms with Crippen molar-refractivity contribution >= 4 is 33.3 Å². The van der Waals surface area contributed by atoms with E-state index in [2.05, 4.69) is 53.5 Å². The van der Waals surface area contributed by atoms with Crippen LogP contribution >= 0.6 is 23.1 Å². The molecule has 2 aromatic heterocycles. The second kappa shape index (κ2) is 6.47. The van der Waals surface area contributed by atoms with Crippen LogP contribution in [-0.4, -0.2) is 15.7 Å². The minimum Gasteiger partial charge on any atom is -0.229 e. The molecule has 2 heterocycles. The van der Waals surface area contributed by atoms with Gasteiger partial charge in [0.1, 0.15) is 16.2 Å². The molecule has 3 rings (SSSR count). The zero-order chi connectivity index (χ0) is 15.5. The van der Waals surface area contributed by atoms with Gasteiger partial charge in [0.25, 0.3) is 0 Å². The van der Waals surface area contributed by atoms with E-state index in [-0.39, 0.29) is 0 Å². The van der Waals surface area contributed by atoms with Crippen molar-refractivity contribution in [2.45, 2.75) is 25.3 Å². The Kier molecular flexibility index (Phi) is 4.41. The summed E-state index contributed by atoms with van der Waals surface area (Å²) in [5, 5.41) is 12.9. The lowest BCUT2D eigenvalue weighted by molar-refractivity contribution is 1.10. The normalized spacial score (nSPS) is 10.8. The van der Waals surface area contributed by atoms with E-state index in [4.69, 9.17) is 5.26 Å². The molecule has 3 aromatic rings. The van der Waals surface area contributed by atoms with E-state index in [1.165, 1.54) is 22.3 Å². The lowest BCUT2D eigenvalue weighted by Crippen LogP contribution is -1.88. The maximum atomic E-state index is 8.71. The average molecular weight is 325 g/mol. The van der Waals surface area contributed by atoms with Gasteiger partial charge in [0.15, 0.2) is 0 Å². The topological polar surface area (TPSA) is 49.6 Å². The molecule has 0 saturated heterocycles. The molecule has 3 nitrogen and oxygen atoms in total. The first-order valence-electron chi connectivity index (χ1n) is 7.00. The first kappa shape index (κ1) is 15.0. The fourth-order valence-electron chi connectivity index (χ4n) is 2.27. The highest BCUT2D eigenvalue weighted by atomic mass is 32.2. The van der Waals surface area contributed by atoms with Crippen molar-refractivity contribution in [2.75, 3.05) is 5.75 Å². The van der Waals surface area contributed by atoms with E-state index < -0.39 is 0 Å². The van der Waals surface area contributed by atoms with Crippen LogP contribution in [0.25, 0.3) is 21.3 Å². The zero-order valence-electron chi connectivity index (χ0n) is 12.5. The van der Waals surface area contributed by atoms with Crippen molar-refractivity contribution in [3.8, 4) is 17.2 Å². The Labute approximate surface area is 138 Å². The summed E-state index contributed by atoms with van der Waals surface area (Å²) in [5.41, 5.74) is 4.96. The number of fused-ring (bicyclic) bond motifs is 1. The summed E-state index contributed by atoms with van der Waals surface area (Å²) in [6, 6.07) is 8.70. The summed E-state index contributed by atoms with van der Waals surface area (Å²) < 4.78 is 0. The van der Waals surface area contributed by atoms with Gasteiger partial charge >= 0.3 is 0 Å². The monoisotopic (exact) mass is 325 g/mol. The maximum Gasteiger partial charge on any atom is 0.128 e. The van der Waals surface area contributed by atoms with Gasteiger partial charge in [0, 0.05) is 23.1 Å². The third-order valence-electron chi connectivity index (χ3n) is 3.61. The van der Waals surface area contributed by atoms with Crippen molar-refractivity contribution in [2.24, 2.45) is 0 Å². The summed E-state index contributed by atoms with van der Waals surface area (Å²) >= 11 is 3.27. The molecular formula is C17H15N3S2. The highest BCUT2D eigenvalue weighted by Gasteiger charge is 2.13. The van der Waals surface area contributed by atoms with Crippen LogP contribution in [0.2, 0.25) is 0 Å². The standard InChI is InChI=1S/C17H15N3S2/c1-11-4-5-13(8-12(11)2)14-9-22-17-15(14)16(19-10-20-17)21-7-3-6-18/h4-5,8-10H,3,7H2,1-2H3. The minimum atomic E-state index is 0.527. The van der Waals surface area contributed by atoms with Gasteiger partial charge in [0.2, 0.25) is 0 Å². The number of benzene rings is 1. The van der Waals surface area contributed by atoms with E-state index in [0.717, 1.165) is 21.0 Å². The van der Waals surface area contributed by atoms with Crippen molar-refractivity contribution in [1.82, 2.24) is 9.97 Å².